The number of benzene rings is 3. The molecule has 5 heteroatoms. The molecular formula is C37H47O4P. The Labute approximate surface area is 252 Å². The van der Waals surface area contributed by atoms with Crippen LogP contribution in [0.1, 0.15) is 64.7 Å². The number of rotatable bonds is 16. The first-order chi connectivity index (χ1) is 20.5. The van der Waals surface area contributed by atoms with Gasteiger partial charge >= 0.3 is 196 Å². The van der Waals surface area contributed by atoms with Crippen LogP contribution in [0.15, 0.2) is 102 Å². The fourth-order valence-corrected chi connectivity index (χ4v) is 11.8. The molecule has 0 spiro atoms. The topological polar surface area (TPSA) is 74.6 Å². The molecule has 224 valence electrons. The molecule has 4 rings (SSSR count). The Balaban J connectivity index is 1.26. The van der Waals surface area contributed by atoms with E-state index >= 15 is 0 Å². The monoisotopic (exact) mass is 586 g/mol. The van der Waals surface area contributed by atoms with E-state index in [9.17, 15) is 19.8 Å². The van der Waals surface area contributed by atoms with Gasteiger partial charge in [0, 0.05) is 11.1 Å². The number of carbonyl (C=O) groups excluding carboxylic acids is 2. The van der Waals surface area contributed by atoms with Crippen LogP contribution in [-0.4, -0.2) is 41.2 Å². The molecule has 2 atom stereocenters. The van der Waals surface area contributed by atoms with Crippen LogP contribution in [0.2, 0.25) is 0 Å². The second-order valence-corrected chi connectivity index (χ2v) is 15.8. The van der Waals surface area contributed by atoms with E-state index in [0.29, 0.717) is 6.42 Å². The van der Waals surface area contributed by atoms with Gasteiger partial charge in [0.15, 0.2) is 5.78 Å². The Morgan fingerprint density at radius 2 is 0.929 bits per heavy atom. The summed E-state index contributed by atoms with van der Waals surface area (Å²) < 4.78 is 0. The van der Waals surface area contributed by atoms with Gasteiger partial charge in [-0.15, -0.1) is 0 Å². The molecule has 3 aromatic rings. The zero-order valence-electron chi connectivity index (χ0n) is 25.0. The van der Waals surface area contributed by atoms with Crippen molar-refractivity contribution in [2.75, 3.05) is 19.4 Å². The van der Waals surface area contributed by atoms with E-state index in [2.05, 4.69) is 91.0 Å². The predicted molar refractivity (Wildman–Crippen MR) is 177 cm³/mol. The van der Waals surface area contributed by atoms with Crippen molar-refractivity contribution in [1.82, 2.24) is 0 Å². The molecular weight excluding hydrogens is 539 g/mol. The average Bonchev–Trinajstić information content (AvgIpc) is 3.04. The van der Waals surface area contributed by atoms with E-state index in [1.54, 1.807) is 6.92 Å². The summed E-state index contributed by atoms with van der Waals surface area (Å²) in [5.41, 5.74) is 0.215. The van der Waals surface area contributed by atoms with E-state index in [1.807, 2.05) is 0 Å². The van der Waals surface area contributed by atoms with Crippen LogP contribution >= 0.6 is 7.26 Å². The third kappa shape index (κ3) is 7.35. The summed E-state index contributed by atoms with van der Waals surface area (Å²) in [7, 11) is -2.14. The molecule has 0 bridgehead atoms. The maximum absolute atomic E-state index is 12.8. The van der Waals surface area contributed by atoms with Crippen LogP contribution in [-0.2, 0) is 9.59 Å². The predicted octanol–water partition coefficient (Wildman–Crippen LogP) is 5.91. The number of unbranched alkanes of at least 4 members (excludes halogenated alkanes) is 7. The van der Waals surface area contributed by atoms with Gasteiger partial charge in [-0.3, -0.25) is 9.59 Å². The van der Waals surface area contributed by atoms with Gasteiger partial charge in [0.2, 0.25) is 0 Å². The number of hydrogen-bond donors (Lipinski definition) is 2. The van der Waals surface area contributed by atoms with Crippen molar-refractivity contribution in [3.63, 3.8) is 0 Å². The van der Waals surface area contributed by atoms with Gasteiger partial charge in [0.05, 0.1) is 13.2 Å². The van der Waals surface area contributed by atoms with E-state index in [-0.39, 0.29) is 28.6 Å². The molecule has 2 N–H and O–H groups in total. The number of hydrogen-bond acceptors (Lipinski definition) is 4. The van der Waals surface area contributed by atoms with E-state index < -0.39 is 26.4 Å². The van der Waals surface area contributed by atoms with Crippen molar-refractivity contribution in [2.45, 2.75) is 64.7 Å². The molecule has 0 aromatic heterocycles. The second-order valence-electron chi connectivity index (χ2n) is 11.8. The molecule has 0 saturated heterocycles. The summed E-state index contributed by atoms with van der Waals surface area (Å²) in [4.78, 5) is 25.4. The number of Topliss-reactive ketones (excluding diaryl/α,β-unsaturated/α-hetero) is 2. The van der Waals surface area contributed by atoms with Crippen molar-refractivity contribution in [3.05, 3.63) is 102 Å². The normalized spacial score (nSPS) is 18.0. The molecule has 3 aromatic carbocycles. The van der Waals surface area contributed by atoms with Crippen LogP contribution in [0.5, 0.6) is 0 Å². The fraction of sp³-hybridized carbons (Fsp3) is 0.405. The van der Waals surface area contributed by atoms with Crippen LogP contribution in [0.3, 0.4) is 0 Å². The first-order valence-electron chi connectivity index (χ1n) is 15.7. The van der Waals surface area contributed by atoms with Crippen molar-refractivity contribution in [1.29, 1.82) is 0 Å². The summed E-state index contributed by atoms with van der Waals surface area (Å²) in [6.07, 6.45) is 11.0. The molecule has 0 heterocycles. The van der Waals surface area contributed by atoms with E-state index in [0.717, 1.165) is 19.3 Å². The van der Waals surface area contributed by atoms with Gasteiger partial charge in [-0.2, -0.15) is 0 Å². The van der Waals surface area contributed by atoms with Gasteiger partial charge in [-0.05, 0) is 0 Å². The van der Waals surface area contributed by atoms with Gasteiger partial charge in [-0.1, -0.05) is 6.92 Å². The first-order valence-corrected chi connectivity index (χ1v) is 17.9. The van der Waals surface area contributed by atoms with Crippen LogP contribution in [0.4, 0.5) is 0 Å². The Kier molecular flexibility index (Phi) is 12.3. The Hall–Kier alpha value is -2.91. The molecule has 0 aliphatic heterocycles. The molecule has 42 heavy (non-hydrogen) atoms. The minimum atomic E-state index is -2.14. The zero-order chi connectivity index (χ0) is 29.8. The number of ketones is 2. The summed E-state index contributed by atoms with van der Waals surface area (Å²) in [6, 6.07) is 33.4. The SMILES string of the molecule is CC1C(=O)C(CO)=C(CO)C(=O)C1CCCCCCCCCC[PH](c1ccccc1)(c1ccccc1)c1ccccc1. The quantitative estimate of drug-likeness (QED) is 0.162. The van der Waals surface area contributed by atoms with E-state index in [4.69, 9.17) is 0 Å². The summed E-state index contributed by atoms with van der Waals surface area (Å²) in [6.45, 7) is 0.820. The standard InChI is InChI=1S/C37H47O4P/c1-29-33(37(41)35(28-39)34(27-38)36(29)40)25-17-6-4-2-3-5-7-18-26-42(30-19-11-8-12-20-30,31-21-13-9-14-22-31)32-23-15-10-16-24-32/h8-16,19-24,29,33,38-39,42H,2-7,17-18,25-28H2,1H3. The molecule has 0 radical (unpaired) electrons. The van der Waals surface area contributed by atoms with Crippen molar-refractivity contribution < 1.29 is 19.8 Å². The molecule has 4 nitrogen and oxygen atoms in total. The van der Waals surface area contributed by atoms with Crippen LogP contribution < -0.4 is 15.9 Å². The van der Waals surface area contributed by atoms with Crippen molar-refractivity contribution >= 4 is 34.7 Å². The van der Waals surface area contributed by atoms with Gasteiger partial charge in [0.1, 0.15) is 0 Å². The van der Waals surface area contributed by atoms with Crippen molar-refractivity contribution in [3.8, 4) is 0 Å². The molecule has 0 fully saturated rings. The first kappa shape index (κ1) is 32.0. The summed E-state index contributed by atoms with van der Waals surface area (Å²) >= 11 is 0. The van der Waals surface area contributed by atoms with Crippen molar-refractivity contribution in [2.24, 2.45) is 11.8 Å². The number of aliphatic hydroxyl groups is 2. The average molecular weight is 587 g/mol. The second kappa shape index (κ2) is 16.1. The molecule has 1 aliphatic carbocycles. The van der Waals surface area contributed by atoms with Crippen LogP contribution in [0.25, 0.3) is 0 Å². The van der Waals surface area contributed by atoms with Gasteiger partial charge in [0.25, 0.3) is 0 Å². The number of aliphatic hydroxyl groups excluding tert-OH is 2. The Morgan fingerprint density at radius 1 is 0.548 bits per heavy atom. The fourth-order valence-electron chi connectivity index (χ4n) is 6.85. The summed E-state index contributed by atoms with van der Waals surface area (Å²) in [5.74, 6) is -1.15. The van der Waals surface area contributed by atoms with Gasteiger partial charge < -0.3 is 10.2 Å². The Bertz CT molecular complexity index is 1210. The van der Waals surface area contributed by atoms with Crippen LogP contribution in [0, 0.1) is 11.8 Å². The third-order valence-electron chi connectivity index (χ3n) is 9.25. The number of carbonyl (C=O) groups is 2. The molecule has 1 aliphatic rings. The molecule has 0 amide bonds. The van der Waals surface area contributed by atoms with Gasteiger partial charge in [-0.25, -0.2) is 0 Å². The molecule has 0 saturated carbocycles. The zero-order valence-corrected chi connectivity index (χ0v) is 26.0. The van der Waals surface area contributed by atoms with E-state index in [1.165, 1.54) is 54.2 Å². The molecule has 2 unspecified atom stereocenters. The maximum atomic E-state index is 12.8. The third-order valence-corrected chi connectivity index (χ3v) is 14.3. The summed E-state index contributed by atoms with van der Waals surface area (Å²) in [5, 5.41) is 23.5. The Morgan fingerprint density at radius 3 is 1.36 bits per heavy atom. The minimum absolute atomic E-state index is 0.0995.